The fraction of sp³-hybridized carbons (Fsp3) is 0.462. The van der Waals surface area contributed by atoms with E-state index in [4.69, 9.17) is 4.74 Å². The van der Waals surface area contributed by atoms with E-state index in [1.165, 1.54) is 5.56 Å². The second-order valence-electron chi connectivity index (χ2n) is 4.72. The molecule has 0 saturated carbocycles. The maximum absolute atomic E-state index is 5.35. The molecule has 1 saturated heterocycles. The molecule has 1 aromatic heterocycles. The third-order valence-corrected chi connectivity index (χ3v) is 4.17. The van der Waals surface area contributed by atoms with Gasteiger partial charge in [-0.2, -0.15) is 4.68 Å². The van der Waals surface area contributed by atoms with Crippen molar-refractivity contribution in [2.75, 3.05) is 32.2 Å². The molecule has 1 aliphatic heterocycles. The van der Waals surface area contributed by atoms with E-state index < -0.39 is 0 Å². The van der Waals surface area contributed by atoms with E-state index in [9.17, 15) is 0 Å². The molecule has 0 spiro atoms. The van der Waals surface area contributed by atoms with Crippen LogP contribution in [0.15, 0.2) is 29.4 Å². The smallest absolute Gasteiger partial charge is 0.215 e. The lowest BCUT2D eigenvalue weighted by atomic mass is 10.2. The monoisotopic (exact) mass is 291 g/mol. The van der Waals surface area contributed by atoms with Crippen molar-refractivity contribution in [3.63, 3.8) is 0 Å². The van der Waals surface area contributed by atoms with E-state index in [2.05, 4.69) is 39.5 Å². The lowest BCUT2D eigenvalue weighted by Gasteiger charge is -2.25. The summed E-state index contributed by atoms with van der Waals surface area (Å²) in [4.78, 5) is 2.35. The number of morpholine rings is 1. The van der Waals surface area contributed by atoms with Crippen molar-refractivity contribution in [2.45, 2.75) is 12.1 Å². The van der Waals surface area contributed by atoms with Crippen LogP contribution >= 0.6 is 11.8 Å². The summed E-state index contributed by atoms with van der Waals surface area (Å²) in [5, 5.41) is 12.8. The zero-order valence-corrected chi connectivity index (χ0v) is 12.2. The Kier molecular flexibility index (Phi) is 4.29. The molecule has 0 N–H and O–H groups in total. The average Bonchev–Trinajstić information content (AvgIpc) is 2.95. The van der Waals surface area contributed by atoms with Gasteiger partial charge < -0.3 is 4.74 Å². The first-order chi connectivity index (χ1) is 9.83. The van der Waals surface area contributed by atoms with Crippen LogP contribution in [0, 0.1) is 6.92 Å². The van der Waals surface area contributed by atoms with Gasteiger partial charge >= 0.3 is 0 Å². The quantitative estimate of drug-likeness (QED) is 0.793. The van der Waals surface area contributed by atoms with E-state index in [0.717, 1.165) is 43.0 Å². The zero-order chi connectivity index (χ0) is 13.8. The Labute approximate surface area is 122 Å². The molecule has 0 aliphatic carbocycles. The molecule has 0 atom stereocenters. The molecule has 0 unspecified atom stereocenters. The number of aryl methyl sites for hydroxylation is 1. The minimum absolute atomic E-state index is 0.809. The van der Waals surface area contributed by atoms with Crippen molar-refractivity contribution in [1.82, 2.24) is 25.1 Å². The summed E-state index contributed by atoms with van der Waals surface area (Å²) in [6, 6.07) is 8.18. The summed E-state index contributed by atoms with van der Waals surface area (Å²) in [7, 11) is 0. The second kappa shape index (κ2) is 6.34. The normalized spacial score (nSPS) is 16.4. The minimum Gasteiger partial charge on any atom is -0.379 e. The van der Waals surface area contributed by atoms with E-state index >= 15 is 0 Å². The topological polar surface area (TPSA) is 56.1 Å². The summed E-state index contributed by atoms with van der Waals surface area (Å²) >= 11 is 1.66. The standard InChI is InChI=1S/C13H17N5OS/c1-11-3-2-4-12(9-11)18-13(14-15-16-18)20-10-17-5-7-19-8-6-17/h2-4,9H,5-8,10H2,1H3. The van der Waals surface area contributed by atoms with Gasteiger partial charge in [0, 0.05) is 13.1 Å². The van der Waals surface area contributed by atoms with Crippen molar-refractivity contribution in [1.29, 1.82) is 0 Å². The summed E-state index contributed by atoms with van der Waals surface area (Å²) in [6.45, 7) is 5.62. The SMILES string of the molecule is Cc1cccc(-n2nnnc2SCN2CCOCC2)c1. The number of thioether (sulfide) groups is 1. The van der Waals surface area contributed by atoms with Crippen molar-refractivity contribution in [3.05, 3.63) is 29.8 Å². The Bertz CT molecular complexity index is 567. The molecule has 0 amide bonds. The molecule has 3 rings (SSSR count). The Morgan fingerprint density at radius 2 is 2.15 bits per heavy atom. The van der Waals surface area contributed by atoms with E-state index in [1.54, 1.807) is 16.4 Å². The first kappa shape index (κ1) is 13.5. The Morgan fingerprint density at radius 3 is 2.95 bits per heavy atom. The highest BCUT2D eigenvalue weighted by Crippen LogP contribution is 2.20. The highest BCUT2D eigenvalue weighted by Gasteiger charge is 2.14. The lowest BCUT2D eigenvalue weighted by molar-refractivity contribution is 0.0473. The number of hydrogen-bond donors (Lipinski definition) is 0. The third-order valence-electron chi connectivity index (χ3n) is 3.17. The number of nitrogens with zero attached hydrogens (tertiary/aromatic N) is 5. The minimum atomic E-state index is 0.809. The fourth-order valence-corrected chi connectivity index (χ4v) is 2.98. The van der Waals surface area contributed by atoms with Crippen LogP contribution in [-0.2, 0) is 4.74 Å². The Morgan fingerprint density at radius 1 is 1.30 bits per heavy atom. The molecule has 0 bridgehead atoms. The zero-order valence-electron chi connectivity index (χ0n) is 11.4. The van der Waals surface area contributed by atoms with Crippen LogP contribution in [0.1, 0.15) is 5.56 Å². The average molecular weight is 291 g/mol. The molecule has 106 valence electrons. The van der Waals surface area contributed by atoms with Gasteiger partial charge in [0.25, 0.3) is 0 Å². The fourth-order valence-electron chi connectivity index (χ4n) is 2.07. The summed E-state index contributed by atoms with van der Waals surface area (Å²) < 4.78 is 7.14. The van der Waals surface area contributed by atoms with E-state index in [0.29, 0.717) is 0 Å². The van der Waals surface area contributed by atoms with Crippen LogP contribution in [0.3, 0.4) is 0 Å². The molecule has 0 radical (unpaired) electrons. The van der Waals surface area contributed by atoms with Gasteiger partial charge in [-0.1, -0.05) is 23.9 Å². The highest BCUT2D eigenvalue weighted by molar-refractivity contribution is 7.99. The maximum Gasteiger partial charge on any atom is 0.215 e. The Balaban J connectivity index is 1.70. The first-order valence-electron chi connectivity index (χ1n) is 6.61. The van der Waals surface area contributed by atoms with Gasteiger partial charge in [-0.05, 0) is 35.0 Å². The number of hydrogen-bond acceptors (Lipinski definition) is 6. The van der Waals surface area contributed by atoms with Crippen LogP contribution < -0.4 is 0 Å². The van der Waals surface area contributed by atoms with Crippen LogP contribution in [0.2, 0.25) is 0 Å². The largest absolute Gasteiger partial charge is 0.379 e. The van der Waals surface area contributed by atoms with Crippen LogP contribution in [0.4, 0.5) is 0 Å². The first-order valence-corrected chi connectivity index (χ1v) is 7.60. The van der Waals surface area contributed by atoms with Crippen LogP contribution in [0.25, 0.3) is 5.69 Å². The predicted molar refractivity (Wildman–Crippen MR) is 77.0 cm³/mol. The van der Waals surface area contributed by atoms with Crippen LogP contribution in [0.5, 0.6) is 0 Å². The molecule has 1 aromatic carbocycles. The van der Waals surface area contributed by atoms with Crippen LogP contribution in [-0.4, -0.2) is 57.3 Å². The number of aromatic nitrogens is 4. The van der Waals surface area contributed by atoms with Crippen molar-refractivity contribution < 1.29 is 4.74 Å². The number of benzene rings is 1. The number of tetrazole rings is 1. The van der Waals surface area contributed by atoms with Gasteiger partial charge in [0.2, 0.25) is 5.16 Å². The maximum atomic E-state index is 5.35. The predicted octanol–water partition coefficient (Wildman–Crippen LogP) is 1.35. The summed E-state index contributed by atoms with van der Waals surface area (Å²) in [5.74, 6) is 0.884. The highest BCUT2D eigenvalue weighted by atomic mass is 32.2. The summed E-state index contributed by atoms with van der Waals surface area (Å²) in [5.41, 5.74) is 2.20. The molecule has 1 fully saturated rings. The van der Waals surface area contributed by atoms with Gasteiger partial charge in [-0.25, -0.2) is 0 Å². The van der Waals surface area contributed by atoms with Gasteiger partial charge in [0.15, 0.2) is 0 Å². The van der Waals surface area contributed by atoms with E-state index in [-0.39, 0.29) is 0 Å². The molecule has 2 heterocycles. The molecule has 20 heavy (non-hydrogen) atoms. The molecule has 2 aromatic rings. The third kappa shape index (κ3) is 3.17. The van der Waals surface area contributed by atoms with Crippen molar-refractivity contribution >= 4 is 11.8 Å². The van der Waals surface area contributed by atoms with Gasteiger partial charge in [-0.3, -0.25) is 4.90 Å². The molecule has 7 heteroatoms. The summed E-state index contributed by atoms with van der Waals surface area (Å²) in [6.07, 6.45) is 0. The van der Waals surface area contributed by atoms with Gasteiger partial charge in [-0.15, -0.1) is 5.10 Å². The van der Waals surface area contributed by atoms with Crippen molar-refractivity contribution in [2.24, 2.45) is 0 Å². The van der Waals surface area contributed by atoms with E-state index in [1.807, 2.05) is 12.1 Å². The molecule has 6 nitrogen and oxygen atoms in total. The Hall–Kier alpha value is -1.44. The lowest BCUT2D eigenvalue weighted by Crippen LogP contribution is -2.35. The number of rotatable bonds is 4. The second-order valence-corrected chi connectivity index (χ2v) is 5.63. The molecular formula is C13H17N5OS. The van der Waals surface area contributed by atoms with Gasteiger partial charge in [0.05, 0.1) is 24.8 Å². The number of ether oxygens (including phenoxy) is 1. The van der Waals surface area contributed by atoms with Gasteiger partial charge in [0.1, 0.15) is 0 Å². The molecular weight excluding hydrogens is 274 g/mol. The van der Waals surface area contributed by atoms with Crippen molar-refractivity contribution in [3.8, 4) is 5.69 Å². The molecule has 1 aliphatic rings.